The van der Waals surface area contributed by atoms with E-state index >= 15 is 0 Å². The summed E-state index contributed by atoms with van der Waals surface area (Å²) < 4.78 is 6.40. The van der Waals surface area contributed by atoms with Crippen molar-refractivity contribution >= 4 is 23.6 Å². The van der Waals surface area contributed by atoms with E-state index in [1.165, 1.54) is 12.2 Å². The van der Waals surface area contributed by atoms with Crippen molar-refractivity contribution in [3.05, 3.63) is 36.2 Å². The molecule has 0 aliphatic heterocycles. The lowest BCUT2D eigenvalue weighted by molar-refractivity contribution is -0.137. The van der Waals surface area contributed by atoms with Crippen molar-refractivity contribution < 1.29 is 9.53 Å². The fourth-order valence-electron chi connectivity index (χ4n) is 1.18. The van der Waals surface area contributed by atoms with Crippen molar-refractivity contribution in [2.45, 2.75) is 6.54 Å². The lowest BCUT2D eigenvalue weighted by atomic mass is 10.2. The second kappa shape index (κ2) is 7.30. The van der Waals surface area contributed by atoms with Crippen molar-refractivity contribution in [2.75, 3.05) is 12.5 Å². The SMILES string of the molecule is C=CCOC(=O)/C(C#N)=C\c1cnn(CCCl)c1. The van der Waals surface area contributed by atoms with Crippen LogP contribution in [-0.2, 0) is 16.1 Å². The summed E-state index contributed by atoms with van der Waals surface area (Å²) >= 11 is 5.57. The third kappa shape index (κ3) is 4.07. The van der Waals surface area contributed by atoms with E-state index in [9.17, 15) is 4.79 Å². The molecule has 0 aliphatic carbocycles. The zero-order valence-electron chi connectivity index (χ0n) is 9.67. The van der Waals surface area contributed by atoms with Gasteiger partial charge in [-0.25, -0.2) is 4.79 Å². The van der Waals surface area contributed by atoms with E-state index in [1.807, 2.05) is 0 Å². The average molecular weight is 266 g/mol. The maximum Gasteiger partial charge on any atom is 0.349 e. The number of ether oxygens (including phenoxy) is 1. The number of rotatable bonds is 6. The number of halogens is 1. The highest BCUT2D eigenvalue weighted by molar-refractivity contribution is 6.17. The summed E-state index contributed by atoms with van der Waals surface area (Å²) in [6, 6.07) is 1.79. The van der Waals surface area contributed by atoms with E-state index in [1.54, 1.807) is 23.1 Å². The molecular formula is C12H12ClN3O2. The Bertz CT molecular complexity index is 500. The first kappa shape index (κ1) is 14.0. The monoisotopic (exact) mass is 265 g/mol. The minimum absolute atomic E-state index is 0.0728. The van der Waals surface area contributed by atoms with E-state index in [2.05, 4.69) is 11.7 Å². The zero-order valence-corrected chi connectivity index (χ0v) is 10.4. The molecule has 0 aliphatic rings. The number of alkyl halides is 1. The number of aryl methyl sites for hydroxylation is 1. The molecule has 0 saturated heterocycles. The molecule has 5 nitrogen and oxygen atoms in total. The molecule has 18 heavy (non-hydrogen) atoms. The Hall–Kier alpha value is -2.06. The van der Waals surface area contributed by atoms with Gasteiger partial charge in [-0.1, -0.05) is 12.7 Å². The largest absolute Gasteiger partial charge is 0.457 e. The molecule has 0 unspecified atom stereocenters. The molecule has 0 radical (unpaired) electrons. The Kier molecular flexibility index (Phi) is 5.68. The summed E-state index contributed by atoms with van der Waals surface area (Å²) in [5.41, 5.74) is 0.564. The van der Waals surface area contributed by atoms with Crippen molar-refractivity contribution in [3.63, 3.8) is 0 Å². The molecule has 1 aromatic rings. The Morgan fingerprint density at radius 3 is 3.11 bits per heavy atom. The lowest BCUT2D eigenvalue weighted by Gasteiger charge is -1.98. The van der Waals surface area contributed by atoms with Crippen LogP contribution in [0.1, 0.15) is 5.56 Å². The first-order valence-electron chi connectivity index (χ1n) is 5.19. The second-order valence-corrected chi connectivity index (χ2v) is 3.66. The van der Waals surface area contributed by atoms with Crippen LogP contribution in [0.25, 0.3) is 6.08 Å². The predicted molar refractivity (Wildman–Crippen MR) is 67.7 cm³/mol. The Morgan fingerprint density at radius 2 is 2.50 bits per heavy atom. The minimum Gasteiger partial charge on any atom is -0.457 e. The molecule has 0 atom stereocenters. The summed E-state index contributed by atoms with van der Waals surface area (Å²) in [7, 11) is 0. The molecule has 0 bridgehead atoms. The number of carbonyl (C=O) groups excluding carboxylic acids is 1. The lowest BCUT2D eigenvalue weighted by Crippen LogP contribution is -2.06. The number of carbonyl (C=O) groups is 1. The van der Waals surface area contributed by atoms with E-state index in [0.29, 0.717) is 18.0 Å². The van der Waals surface area contributed by atoms with E-state index in [4.69, 9.17) is 21.6 Å². The number of esters is 1. The topological polar surface area (TPSA) is 67.9 Å². The van der Waals surface area contributed by atoms with Crippen LogP contribution in [0.5, 0.6) is 0 Å². The van der Waals surface area contributed by atoms with Crippen molar-refractivity contribution in [3.8, 4) is 6.07 Å². The highest BCUT2D eigenvalue weighted by Crippen LogP contribution is 2.07. The van der Waals surface area contributed by atoms with Crippen LogP contribution in [0.4, 0.5) is 0 Å². The first-order chi connectivity index (χ1) is 8.71. The third-order valence-corrected chi connectivity index (χ3v) is 2.12. The zero-order chi connectivity index (χ0) is 13.4. The fourth-order valence-corrected chi connectivity index (χ4v) is 1.35. The number of hydrogen-bond donors (Lipinski definition) is 0. The van der Waals surface area contributed by atoms with Crippen LogP contribution in [0.15, 0.2) is 30.6 Å². The maximum absolute atomic E-state index is 11.5. The summed E-state index contributed by atoms with van der Waals surface area (Å²) in [6.07, 6.45) is 6.10. The van der Waals surface area contributed by atoms with Gasteiger partial charge >= 0.3 is 5.97 Å². The van der Waals surface area contributed by atoms with Crippen molar-refractivity contribution in [1.82, 2.24) is 9.78 Å². The second-order valence-electron chi connectivity index (χ2n) is 3.28. The summed E-state index contributed by atoms with van der Waals surface area (Å²) in [6.45, 7) is 4.06. The molecule has 0 spiro atoms. The quantitative estimate of drug-likeness (QED) is 0.258. The Balaban J connectivity index is 2.80. The number of hydrogen-bond acceptors (Lipinski definition) is 4. The molecule has 0 saturated carbocycles. The van der Waals surface area contributed by atoms with Gasteiger partial charge in [-0.05, 0) is 6.08 Å². The van der Waals surface area contributed by atoms with Crippen LogP contribution in [0.3, 0.4) is 0 Å². The fraction of sp³-hybridized carbons (Fsp3) is 0.250. The maximum atomic E-state index is 11.5. The first-order valence-corrected chi connectivity index (χ1v) is 5.73. The predicted octanol–water partition coefficient (Wildman–Crippen LogP) is 1.76. The molecule has 1 heterocycles. The molecule has 1 rings (SSSR count). The molecule has 1 aromatic heterocycles. The van der Waals surface area contributed by atoms with Crippen LogP contribution in [-0.4, -0.2) is 28.2 Å². The van der Waals surface area contributed by atoms with Crippen molar-refractivity contribution in [2.24, 2.45) is 0 Å². The van der Waals surface area contributed by atoms with E-state index in [0.717, 1.165) is 0 Å². The normalized spacial score (nSPS) is 10.8. The summed E-state index contributed by atoms with van der Waals surface area (Å²) in [5, 5.41) is 12.9. The molecule has 0 aromatic carbocycles. The van der Waals surface area contributed by atoms with Gasteiger partial charge in [0.1, 0.15) is 18.2 Å². The van der Waals surface area contributed by atoms with Gasteiger partial charge in [0.15, 0.2) is 0 Å². The van der Waals surface area contributed by atoms with Gasteiger partial charge in [0, 0.05) is 17.6 Å². The molecule has 0 fully saturated rings. The van der Waals surface area contributed by atoms with Gasteiger partial charge in [0.2, 0.25) is 0 Å². The number of nitriles is 1. The number of nitrogens with zero attached hydrogens (tertiary/aromatic N) is 3. The van der Waals surface area contributed by atoms with Gasteiger partial charge in [-0.3, -0.25) is 4.68 Å². The smallest absolute Gasteiger partial charge is 0.349 e. The Labute approximate surface area is 110 Å². The summed E-state index contributed by atoms with van der Waals surface area (Å²) in [4.78, 5) is 11.5. The summed E-state index contributed by atoms with van der Waals surface area (Å²) in [5.74, 6) is -0.236. The number of aromatic nitrogens is 2. The molecular weight excluding hydrogens is 254 g/mol. The molecule has 6 heteroatoms. The third-order valence-electron chi connectivity index (χ3n) is 1.95. The minimum atomic E-state index is -0.678. The highest BCUT2D eigenvalue weighted by Gasteiger charge is 2.10. The van der Waals surface area contributed by atoms with Gasteiger partial charge in [0.05, 0.1) is 12.7 Å². The molecule has 94 valence electrons. The Morgan fingerprint density at radius 1 is 1.72 bits per heavy atom. The van der Waals surface area contributed by atoms with Crippen LogP contribution in [0, 0.1) is 11.3 Å². The van der Waals surface area contributed by atoms with E-state index < -0.39 is 5.97 Å². The average Bonchev–Trinajstić information content (AvgIpc) is 2.81. The van der Waals surface area contributed by atoms with E-state index in [-0.39, 0.29) is 12.2 Å². The molecule has 0 amide bonds. The van der Waals surface area contributed by atoms with Crippen LogP contribution >= 0.6 is 11.6 Å². The van der Waals surface area contributed by atoms with Gasteiger partial charge < -0.3 is 4.74 Å². The standard InChI is InChI=1S/C12H12ClN3O2/c1-2-5-18-12(17)11(7-14)6-10-8-15-16(9-10)4-3-13/h2,6,8-9H,1,3-5H2/b11-6-. The molecule has 0 N–H and O–H groups in total. The van der Waals surface area contributed by atoms with Crippen LogP contribution in [0.2, 0.25) is 0 Å². The van der Waals surface area contributed by atoms with Crippen LogP contribution < -0.4 is 0 Å². The van der Waals surface area contributed by atoms with Gasteiger partial charge in [-0.2, -0.15) is 10.4 Å². The van der Waals surface area contributed by atoms with Gasteiger partial charge in [-0.15, -0.1) is 11.6 Å². The van der Waals surface area contributed by atoms with Gasteiger partial charge in [0.25, 0.3) is 0 Å². The highest BCUT2D eigenvalue weighted by atomic mass is 35.5. The van der Waals surface area contributed by atoms with Crippen molar-refractivity contribution in [1.29, 1.82) is 5.26 Å².